The van der Waals surface area contributed by atoms with Crippen LogP contribution in [0.5, 0.6) is 17.2 Å². The normalized spacial score (nSPS) is 11.5. The average Bonchev–Trinajstić information content (AvgIpc) is 2.75. The topological polar surface area (TPSA) is 79.9 Å². The highest BCUT2D eigenvalue weighted by Gasteiger charge is 2.19. The van der Waals surface area contributed by atoms with Crippen LogP contribution >= 0.6 is 0 Å². The summed E-state index contributed by atoms with van der Waals surface area (Å²) >= 11 is 0. The van der Waals surface area contributed by atoms with Gasteiger partial charge in [0.25, 0.3) is 0 Å². The minimum atomic E-state index is -0.460. The minimum absolute atomic E-state index is 0.0112. The molecule has 0 fully saturated rings. The molecule has 0 aliphatic carbocycles. The molecular formula is C26H28O5. The van der Waals surface area contributed by atoms with Gasteiger partial charge in [-0.2, -0.15) is 0 Å². The number of phenols is 2. The van der Waals surface area contributed by atoms with Crippen molar-refractivity contribution >= 4 is 11.0 Å². The van der Waals surface area contributed by atoms with Crippen molar-refractivity contribution in [2.24, 2.45) is 0 Å². The van der Waals surface area contributed by atoms with Crippen LogP contribution in [0, 0.1) is 0 Å². The average molecular weight is 421 g/mol. The molecule has 2 aromatic carbocycles. The number of fused-ring (bicyclic) bond motifs is 1. The molecular weight excluding hydrogens is 392 g/mol. The van der Waals surface area contributed by atoms with Gasteiger partial charge in [-0.25, -0.2) is 0 Å². The summed E-state index contributed by atoms with van der Waals surface area (Å²) in [5, 5.41) is 20.2. The zero-order valence-electron chi connectivity index (χ0n) is 18.4. The van der Waals surface area contributed by atoms with Gasteiger partial charge in [-0.1, -0.05) is 23.3 Å². The van der Waals surface area contributed by atoms with Gasteiger partial charge in [0.15, 0.2) is 11.5 Å². The summed E-state index contributed by atoms with van der Waals surface area (Å²) < 4.78 is 11.3. The number of ether oxygens (including phenoxy) is 1. The molecule has 0 atom stereocenters. The van der Waals surface area contributed by atoms with E-state index in [-0.39, 0.29) is 22.1 Å². The first-order valence-corrected chi connectivity index (χ1v) is 10.3. The van der Waals surface area contributed by atoms with Crippen LogP contribution < -0.4 is 10.2 Å². The molecule has 1 aromatic heterocycles. The van der Waals surface area contributed by atoms with E-state index in [0.717, 1.165) is 24.0 Å². The highest BCUT2D eigenvalue weighted by Crippen LogP contribution is 2.35. The van der Waals surface area contributed by atoms with Gasteiger partial charge >= 0.3 is 0 Å². The predicted octanol–water partition coefficient (Wildman–Crippen LogP) is 6.12. The molecule has 0 bridgehead atoms. The number of aromatic hydroxyl groups is 2. The van der Waals surface area contributed by atoms with Crippen molar-refractivity contribution in [2.45, 2.75) is 40.0 Å². The molecule has 1 heterocycles. The summed E-state index contributed by atoms with van der Waals surface area (Å²) in [4.78, 5) is 13.3. The molecule has 0 spiro atoms. The highest BCUT2D eigenvalue weighted by molar-refractivity contribution is 5.88. The Morgan fingerprint density at radius 2 is 1.74 bits per heavy atom. The van der Waals surface area contributed by atoms with Gasteiger partial charge < -0.3 is 19.4 Å². The van der Waals surface area contributed by atoms with Gasteiger partial charge in [0.05, 0.1) is 7.11 Å². The molecule has 5 nitrogen and oxygen atoms in total. The van der Waals surface area contributed by atoms with Crippen LogP contribution in [0.1, 0.15) is 39.2 Å². The van der Waals surface area contributed by atoms with Crippen LogP contribution in [0.3, 0.4) is 0 Å². The number of phenolic OH excluding ortho intramolecular Hbond substituents is 2. The van der Waals surface area contributed by atoms with Crippen molar-refractivity contribution in [2.75, 3.05) is 7.11 Å². The Morgan fingerprint density at radius 3 is 2.39 bits per heavy atom. The standard InChI is InChI=1S/C26H28O5/c1-16(2)6-5-7-17(3)8-13-20-24(28)23-22(15-14-21(27)25(23)29)31-26(20)18-9-11-19(30-4)12-10-18/h6,8-12,14-15,27,29H,5,7,13H2,1-4H3/b17-8+. The van der Waals surface area contributed by atoms with Gasteiger partial charge in [-0.05, 0) is 76.4 Å². The first-order valence-electron chi connectivity index (χ1n) is 10.3. The van der Waals surface area contributed by atoms with E-state index in [0.29, 0.717) is 23.5 Å². The van der Waals surface area contributed by atoms with E-state index >= 15 is 0 Å². The maximum absolute atomic E-state index is 13.3. The summed E-state index contributed by atoms with van der Waals surface area (Å²) in [5.74, 6) is 0.332. The van der Waals surface area contributed by atoms with E-state index in [1.165, 1.54) is 17.7 Å². The molecule has 0 unspecified atom stereocenters. The SMILES string of the molecule is COc1ccc(-c2oc3ccc(O)c(O)c3c(=O)c2C/C=C(\C)CCC=C(C)C)cc1. The van der Waals surface area contributed by atoms with Crippen molar-refractivity contribution in [1.29, 1.82) is 0 Å². The molecule has 0 saturated heterocycles. The fraction of sp³-hybridized carbons (Fsp3) is 0.269. The van der Waals surface area contributed by atoms with E-state index in [2.05, 4.69) is 19.9 Å². The second kappa shape index (κ2) is 9.56. The van der Waals surface area contributed by atoms with Gasteiger partial charge in [0, 0.05) is 11.1 Å². The lowest BCUT2D eigenvalue weighted by Gasteiger charge is -2.11. The molecule has 162 valence electrons. The van der Waals surface area contributed by atoms with Gasteiger partial charge in [-0.3, -0.25) is 4.79 Å². The first kappa shape index (κ1) is 22.2. The van der Waals surface area contributed by atoms with E-state index in [1.807, 2.05) is 25.1 Å². The monoisotopic (exact) mass is 420 g/mol. The van der Waals surface area contributed by atoms with Crippen LogP contribution in [0.25, 0.3) is 22.3 Å². The summed E-state index contributed by atoms with van der Waals surface area (Å²) in [6.45, 7) is 6.18. The Kier molecular flexibility index (Phi) is 6.85. The van der Waals surface area contributed by atoms with E-state index < -0.39 is 5.75 Å². The number of hydrogen-bond donors (Lipinski definition) is 2. The molecule has 0 saturated carbocycles. The Labute approximate surface area is 181 Å². The third kappa shape index (κ3) is 5.00. The molecule has 0 aliphatic heterocycles. The maximum atomic E-state index is 13.3. The number of benzene rings is 2. The second-order valence-electron chi connectivity index (χ2n) is 7.85. The maximum Gasteiger partial charge on any atom is 0.200 e. The lowest BCUT2D eigenvalue weighted by molar-refractivity contribution is 0.407. The van der Waals surface area contributed by atoms with Crippen LogP contribution in [-0.4, -0.2) is 17.3 Å². The zero-order chi connectivity index (χ0) is 22.5. The third-order valence-electron chi connectivity index (χ3n) is 5.20. The summed E-state index contributed by atoms with van der Waals surface area (Å²) in [7, 11) is 1.59. The van der Waals surface area contributed by atoms with Crippen LogP contribution in [0.4, 0.5) is 0 Å². The summed E-state index contributed by atoms with van der Waals surface area (Å²) in [6, 6.07) is 10.1. The lowest BCUT2D eigenvalue weighted by Crippen LogP contribution is -2.11. The number of rotatable bonds is 7. The van der Waals surface area contributed by atoms with Gasteiger partial charge in [0.1, 0.15) is 22.5 Å². The smallest absolute Gasteiger partial charge is 0.200 e. The Balaban J connectivity index is 2.11. The van der Waals surface area contributed by atoms with Crippen molar-refractivity contribution in [3.05, 3.63) is 75.5 Å². The fourth-order valence-corrected chi connectivity index (χ4v) is 3.42. The predicted molar refractivity (Wildman–Crippen MR) is 124 cm³/mol. The highest BCUT2D eigenvalue weighted by atomic mass is 16.5. The Hall–Kier alpha value is -3.47. The van der Waals surface area contributed by atoms with E-state index in [1.54, 1.807) is 19.2 Å². The number of allylic oxidation sites excluding steroid dienone is 4. The van der Waals surface area contributed by atoms with Gasteiger partial charge in [-0.15, -0.1) is 0 Å². The summed E-state index contributed by atoms with van der Waals surface area (Å²) in [5.41, 5.74) is 3.48. The quantitative estimate of drug-likeness (QED) is 0.356. The molecule has 31 heavy (non-hydrogen) atoms. The third-order valence-corrected chi connectivity index (χ3v) is 5.20. The van der Waals surface area contributed by atoms with Crippen molar-refractivity contribution < 1.29 is 19.4 Å². The molecule has 0 aliphatic rings. The van der Waals surface area contributed by atoms with Crippen molar-refractivity contribution in [3.63, 3.8) is 0 Å². The van der Waals surface area contributed by atoms with Gasteiger partial charge in [0.2, 0.25) is 5.43 Å². The molecule has 0 amide bonds. The molecule has 0 radical (unpaired) electrons. The van der Waals surface area contributed by atoms with Crippen molar-refractivity contribution in [1.82, 2.24) is 0 Å². The molecule has 5 heteroatoms. The largest absolute Gasteiger partial charge is 0.504 e. The van der Waals surface area contributed by atoms with Crippen molar-refractivity contribution in [3.8, 4) is 28.6 Å². The van der Waals surface area contributed by atoms with Crippen LogP contribution in [-0.2, 0) is 6.42 Å². The lowest BCUT2D eigenvalue weighted by atomic mass is 9.99. The molecule has 2 N–H and O–H groups in total. The summed E-state index contributed by atoms with van der Waals surface area (Å²) in [6.07, 6.45) is 6.40. The van der Waals surface area contributed by atoms with Crippen LogP contribution in [0.15, 0.2) is 68.9 Å². The Morgan fingerprint density at radius 1 is 1.03 bits per heavy atom. The fourth-order valence-electron chi connectivity index (χ4n) is 3.42. The molecule has 3 aromatic rings. The van der Waals surface area contributed by atoms with Crippen LogP contribution in [0.2, 0.25) is 0 Å². The number of hydrogen-bond acceptors (Lipinski definition) is 5. The van der Waals surface area contributed by atoms with E-state index in [4.69, 9.17) is 9.15 Å². The van der Waals surface area contributed by atoms with E-state index in [9.17, 15) is 15.0 Å². The minimum Gasteiger partial charge on any atom is -0.504 e. The second-order valence-corrected chi connectivity index (χ2v) is 7.85. The number of methoxy groups -OCH3 is 1. The first-order chi connectivity index (χ1) is 14.8. The zero-order valence-corrected chi connectivity index (χ0v) is 18.4. The Bertz CT molecular complexity index is 1190. The molecule has 3 rings (SSSR count).